The summed E-state index contributed by atoms with van der Waals surface area (Å²) < 4.78 is 1.42. The summed E-state index contributed by atoms with van der Waals surface area (Å²) in [6.45, 7) is 1.62. The van der Waals surface area contributed by atoms with Crippen LogP contribution in [0.4, 0.5) is 5.69 Å². The number of nitrogens with zero attached hydrogens (tertiary/aromatic N) is 3. The molecule has 3 aromatic rings. The first-order chi connectivity index (χ1) is 13.4. The van der Waals surface area contributed by atoms with Crippen molar-refractivity contribution < 1.29 is 14.5 Å². The number of hydrazine groups is 1. The van der Waals surface area contributed by atoms with E-state index in [1.54, 1.807) is 19.1 Å². The summed E-state index contributed by atoms with van der Waals surface area (Å²) in [4.78, 5) is 34.6. The molecule has 142 valence electrons. The number of carbonyl (C=O) groups is 2. The highest BCUT2D eigenvalue weighted by molar-refractivity contribution is 6.33. The number of nitro groups is 1. The summed E-state index contributed by atoms with van der Waals surface area (Å²) in [5, 5.41) is 15.0. The summed E-state index contributed by atoms with van der Waals surface area (Å²) in [7, 11) is 0. The van der Waals surface area contributed by atoms with Crippen molar-refractivity contribution in [3.63, 3.8) is 0 Å². The van der Waals surface area contributed by atoms with Crippen molar-refractivity contribution >= 4 is 29.1 Å². The summed E-state index contributed by atoms with van der Waals surface area (Å²) in [5.41, 5.74) is 5.71. The number of aryl methyl sites for hydroxylation is 1. The number of hydrogen-bond acceptors (Lipinski definition) is 5. The van der Waals surface area contributed by atoms with E-state index in [4.69, 9.17) is 11.6 Å². The lowest BCUT2D eigenvalue weighted by Gasteiger charge is -2.07. The predicted octanol–water partition coefficient (Wildman–Crippen LogP) is 2.82. The Kier molecular flexibility index (Phi) is 5.37. The fraction of sp³-hybridized carbons (Fsp3) is 0.0556. The smallest absolute Gasteiger partial charge is 0.267 e. The van der Waals surface area contributed by atoms with E-state index >= 15 is 0 Å². The predicted molar refractivity (Wildman–Crippen MR) is 101 cm³/mol. The Bertz CT molecular complexity index is 1050. The Morgan fingerprint density at radius 3 is 2.25 bits per heavy atom. The van der Waals surface area contributed by atoms with Crippen LogP contribution in [0, 0.1) is 17.0 Å². The van der Waals surface area contributed by atoms with Crippen LogP contribution in [0.25, 0.3) is 5.69 Å². The molecular weight excluding hydrogens is 386 g/mol. The molecule has 0 unspecified atom stereocenters. The molecule has 0 aliphatic rings. The van der Waals surface area contributed by atoms with Gasteiger partial charge in [-0.3, -0.25) is 30.6 Å². The van der Waals surface area contributed by atoms with Gasteiger partial charge < -0.3 is 0 Å². The Balaban J connectivity index is 1.72. The van der Waals surface area contributed by atoms with Crippen molar-refractivity contribution in [2.45, 2.75) is 6.92 Å². The molecule has 10 heteroatoms. The van der Waals surface area contributed by atoms with Gasteiger partial charge in [0.1, 0.15) is 10.7 Å². The highest BCUT2D eigenvalue weighted by Gasteiger charge is 2.21. The summed E-state index contributed by atoms with van der Waals surface area (Å²) in [6.07, 6.45) is 0. The van der Waals surface area contributed by atoms with Crippen LogP contribution >= 0.6 is 11.6 Å². The summed E-state index contributed by atoms with van der Waals surface area (Å²) >= 11 is 6.30. The number of nitrogens with one attached hydrogen (secondary N) is 2. The van der Waals surface area contributed by atoms with Crippen LogP contribution in [0.1, 0.15) is 26.4 Å². The first-order valence-corrected chi connectivity index (χ1v) is 8.42. The normalized spacial score (nSPS) is 10.4. The molecule has 0 spiro atoms. The minimum absolute atomic E-state index is 0.103. The second kappa shape index (κ2) is 7.89. The zero-order valence-electron chi connectivity index (χ0n) is 14.5. The number of non-ortho nitro benzene ring substituents is 1. The lowest BCUT2D eigenvalue weighted by Crippen LogP contribution is -2.41. The highest BCUT2D eigenvalue weighted by atomic mass is 35.5. The van der Waals surface area contributed by atoms with Crippen LogP contribution in [0.3, 0.4) is 0 Å². The molecule has 1 heterocycles. The minimum Gasteiger partial charge on any atom is -0.267 e. The fourth-order valence-electron chi connectivity index (χ4n) is 2.48. The van der Waals surface area contributed by atoms with E-state index in [0.29, 0.717) is 11.4 Å². The lowest BCUT2D eigenvalue weighted by molar-refractivity contribution is -0.384. The third-order valence-electron chi connectivity index (χ3n) is 3.86. The van der Waals surface area contributed by atoms with Crippen LogP contribution in [0.15, 0.2) is 54.6 Å². The molecule has 9 nitrogen and oxygen atoms in total. The van der Waals surface area contributed by atoms with Gasteiger partial charge in [0.15, 0.2) is 0 Å². The Morgan fingerprint density at radius 2 is 1.64 bits per heavy atom. The second-order valence-corrected chi connectivity index (χ2v) is 6.07. The maximum Gasteiger partial charge on any atom is 0.274 e. The van der Waals surface area contributed by atoms with E-state index in [1.807, 2.05) is 18.2 Å². The molecule has 0 radical (unpaired) electrons. The number of benzene rings is 2. The topological polar surface area (TPSA) is 119 Å². The van der Waals surface area contributed by atoms with Gasteiger partial charge in [-0.05, 0) is 31.2 Å². The number of para-hydroxylation sites is 1. The molecule has 0 atom stereocenters. The number of rotatable bonds is 4. The minimum atomic E-state index is -0.639. The molecule has 0 bridgehead atoms. The lowest BCUT2D eigenvalue weighted by atomic mass is 10.2. The SMILES string of the molecule is Cc1nn(-c2ccccc2)c(Cl)c1C(=O)NNC(=O)c1ccc([N+](=O)[O-])cc1. The molecular formula is C18H14ClN5O4. The van der Waals surface area contributed by atoms with E-state index in [-0.39, 0.29) is 22.0 Å². The molecule has 2 N–H and O–H groups in total. The third kappa shape index (κ3) is 3.84. The third-order valence-corrected chi connectivity index (χ3v) is 4.21. The van der Waals surface area contributed by atoms with Crippen LogP contribution in [-0.4, -0.2) is 26.5 Å². The van der Waals surface area contributed by atoms with Crippen LogP contribution in [0.2, 0.25) is 5.15 Å². The zero-order chi connectivity index (χ0) is 20.3. The second-order valence-electron chi connectivity index (χ2n) is 5.71. The quantitative estimate of drug-likeness (QED) is 0.516. The van der Waals surface area contributed by atoms with Gasteiger partial charge in [-0.1, -0.05) is 29.8 Å². The van der Waals surface area contributed by atoms with Crippen molar-refractivity contribution in [2.24, 2.45) is 0 Å². The van der Waals surface area contributed by atoms with Crippen molar-refractivity contribution in [1.29, 1.82) is 0 Å². The maximum absolute atomic E-state index is 12.5. The van der Waals surface area contributed by atoms with Gasteiger partial charge in [-0.25, -0.2) is 4.68 Å². The molecule has 0 saturated heterocycles. The van der Waals surface area contributed by atoms with E-state index < -0.39 is 16.7 Å². The van der Waals surface area contributed by atoms with Gasteiger partial charge in [0.25, 0.3) is 17.5 Å². The average molecular weight is 400 g/mol. The molecule has 0 saturated carbocycles. The summed E-state index contributed by atoms with van der Waals surface area (Å²) in [5.74, 6) is -1.27. The van der Waals surface area contributed by atoms with Crippen molar-refractivity contribution in [3.05, 3.63) is 86.7 Å². The molecule has 2 amide bonds. The van der Waals surface area contributed by atoms with E-state index in [1.165, 1.54) is 28.9 Å². The molecule has 0 fully saturated rings. The molecule has 3 rings (SSSR count). The molecule has 28 heavy (non-hydrogen) atoms. The van der Waals surface area contributed by atoms with Crippen molar-refractivity contribution in [3.8, 4) is 5.69 Å². The molecule has 1 aromatic heterocycles. The number of amides is 2. The highest BCUT2D eigenvalue weighted by Crippen LogP contribution is 2.23. The Hall–Kier alpha value is -3.72. The standard InChI is InChI=1S/C18H14ClN5O4/c1-11-15(16(19)23(22-11)13-5-3-2-4-6-13)18(26)21-20-17(25)12-7-9-14(10-8-12)24(27)28/h2-10H,1H3,(H,20,25)(H,21,26). The number of carbonyl (C=O) groups excluding carboxylic acids is 2. The maximum atomic E-state index is 12.5. The van der Waals surface area contributed by atoms with Gasteiger partial charge in [-0.2, -0.15) is 5.10 Å². The number of halogens is 1. The van der Waals surface area contributed by atoms with Crippen LogP contribution in [0.5, 0.6) is 0 Å². The van der Waals surface area contributed by atoms with Gasteiger partial charge in [-0.15, -0.1) is 0 Å². The van der Waals surface area contributed by atoms with Crippen molar-refractivity contribution in [1.82, 2.24) is 20.6 Å². The first-order valence-electron chi connectivity index (χ1n) is 8.04. The van der Waals surface area contributed by atoms with Gasteiger partial charge in [0.05, 0.1) is 16.3 Å². The van der Waals surface area contributed by atoms with Crippen LogP contribution in [-0.2, 0) is 0 Å². The average Bonchev–Trinajstić information content (AvgIpc) is 3.00. The summed E-state index contributed by atoms with van der Waals surface area (Å²) in [6, 6.07) is 14.0. The Labute approximate surface area is 164 Å². The zero-order valence-corrected chi connectivity index (χ0v) is 15.3. The monoisotopic (exact) mass is 399 g/mol. The van der Waals surface area contributed by atoms with Gasteiger partial charge in [0.2, 0.25) is 0 Å². The molecule has 0 aliphatic carbocycles. The number of hydrogen-bond donors (Lipinski definition) is 2. The van der Waals surface area contributed by atoms with Gasteiger partial charge in [0, 0.05) is 17.7 Å². The van der Waals surface area contributed by atoms with Crippen LogP contribution < -0.4 is 10.9 Å². The van der Waals surface area contributed by atoms with E-state index in [2.05, 4.69) is 16.0 Å². The van der Waals surface area contributed by atoms with Gasteiger partial charge >= 0.3 is 0 Å². The number of nitro benzene ring substituents is 1. The Morgan fingerprint density at radius 1 is 1.04 bits per heavy atom. The fourth-order valence-corrected chi connectivity index (χ4v) is 2.84. The largest absolute Gasteiger partial charge is 0.274 e. The molecule has 2 aromatic carbocycles. The van der Waals surface area contributed by atoms with E-state index in [0.717, 1.165) is 0 Å². The first kappa shape index (κ1) is 19.1. The van der Waals surface area contributed by atoms with Crippen molar-refractivity contribution in [2.75, 3.05) is 0 Å². The number of aromatic nitrogens is 2. The van der Waals surface area contributed by atoms with E-state index in [9.17, 15) is 19.7 Å². The molecule has 0 aliphatic heterocycles.